The Bertz CT molecular complexity index is 243. The zero-order valence-corrected chi connectivity index (χ0v) is 11.3. The topological polar surface area (TPSA) is 45.0 Å². The molecule has 1 aliphatic rings. The maximum absolute atomic E-state index is 8.99. The lowest BCUT2D eigenvalue weighted by Crippen LogP contribution is -2.37. The van der Waals surface area contributed by atoms with E-state index in [4.69, 9.17) is 10.00 Å². The Morgan fingerprint density at radius 2 is 2.06 bits per heavy atom. The lowest BCUT2D eigenvalue weighted by molar-refractivity contribution is 0.0972. The van der Waals surface area contributed by atoms with Gasteiger partial charge in [0.2, 0.25) is 0 Å². The van der Waals surface area contributed by atoms with Crippen molar-refractivity contribution in [1.29, 1.82) is 5.26 Å². The summed E-state index contributed by atoms with van der Waals surface area (Å²) in [6, 6.07) is 2.31. The minimum atomic E-state index is -0.370. The van der Waals surface area contributed by atoms with E-state index in [2.05, 4.69) is 11.4 Å². The summed E-state index contributed by atoms with van der Waals surface area (Å²) in [4.78, 5) is 0. The van der Waals surface area contributed by atoms with Crippen LogP contribution in [0.1, 0.15) is 51.9 Å². The number of rotatable bonds is 8. The second-order valence-corrected chi connectivity index (χ2v) is 5.38. The number of nitrogens with zero attached hydrogens (tertiary/aromatic N) is 1. The fourth-order valence-electron chi connectivity index (χ4n) is 2.35. The van der Waals surface area contributed by atoms with E-state index in [1.54, 1.807) is 0 Å². The molecule has 0 aromatic rings. The maximum atomic E-state index is 8.99. The summed E-state index contributed by atoms with van der Waals surface area (Å²) in [7, 11) is 1.85. The van der Waals surface area contributed by atoms with E-state index in [1.165, 1.54) is 25.7 Å². The molecule has 1 fully saturated rings. The van der Waals surface area contributed by atoms with E-state index in [1.807, 2.05) is 14.0 Å². The number of nitriles is 1. The molecule has 1 N–H and O–H groups in total. The Balaban J connectivity index is 1.95. The molecular formula is C14H26N2O. The van der Waals surface area contributed by atoms with Crippen LogP contribution >= 0.6 is 0 Å². The van der Waals surface area contributed by atoms with E-state index in [9.17, 15) is 0 Å². The smallest absolute Gasteiger partial charge is 0.103 e. The predicted molar refractivity (Wildman–Crippen MR) is 69.7 cm³/mol. The van der Waals surface area contributed by atoms with Gasteiger partial charge in [-0.2, -0.15) is 5.26 Å². The Kier molecular flexibility index (Phi) is 6.54. The molecule has 0 amide bonds. The van der Waals surface area contributed by atoms with Gasteiger partial charge in [-0.05, 0) is 52.0 Å². The van der Waals surface area contributed by atoms with E-state index in [0.29, 0.717) is 0 Å². The third-order valence-electron chi connectivity index (χ3n) is 3.84. The van der Waals surface area contributed by atoms with Gasteiger partial charge in [-0.3, -0.25) is 0 Å². The van der Waals surface area contributed by atoms with Crippen molar-refractivity contribution >= 4 is 0 Å². The van der Waals surface area contributed by atoms with Crippen LogP contribution in [-0.4, -0.2) is 25.8 Å². The molecule has 0 saturated heterocycles. The number of hydrogen-bond acceptors (Lipinski definition) is 3. The average molecular weight is 238 g/mol. The Hall–Kier alpha value is -0.590. The molecule has 0 bridgehead atoms. The molecule has 0 aromatic heterocycles. The van der Waals surface area contributed by atoms with E-state index >= 15 is 0 Å². The van der Waals surface area contributed by atoms with Crippen molar-refractivity contribution < 1.29 is 4.74 Å². The number of unbranched alkanes of at least 4 members (excludes halogenated alkanes) is 1. The summed E-state index contributed by atoms with van der Waals surface area (Å²) in [5, 5.41) is 12.0. The van der Waals surface area contributed by atoms with Crippen LogP contribution in [0.5, 0.6) is 0 Å². The van der Waals surface area contributed by atoms with Gasteiger partial charge in [-0.1, -0.05) is 12.8 Å². The molecule has 1 rings (SSSR count). The van der Waals surface area contributed by atoms with Crippen LogP contribution in [0.4, 0.5) is 0 Å². The highest BCUT2D eigenvalue weighted by Gasteiger charge is 2.20. The third kappa shape index (κ3) is 5.52. The fourth-order valence-corrected chi connectivity index (χ4v) is 2.35. The molecule has 3 nitrogen and oxygen atoms in total. The summed E-state index contributed by atoms with van der Waals surface area (Å²) in [5.41, 5.74) is -0.370. The molecule has 1 saturated carbocycles. The monoisotopic (exact) mass is 238 g/mol. The molecule has 98 valence electrons. The molecule has 3 heteroatoms. The van der Waals surface area contributed by atoms with Crippen LogP contribution in [0.3, 0.4) is 0 Å². The van der Waals surface area contributed by atoms with Crippen LogP contribution in [0.25, 0.3) is 0 Å². The van der Waals surface area contributed by atoms with E-state index in [0.717, 1.165) is 38.4 Å². The molecule has 1 aliphatic carbocycles. The van der Waals surface area contributed by atoms with E-state index < -0.39 is 0 Å². The fraction of sp³-hybridized carbons (Fsp3) is 0.929. The van der Waals surface area contributed by atoms with Crippen LogP contribution in [-0.2, 0) is 4.74 Å². The Morgan fingerprint density at radius 1 is 1.35 bits per heavy atom. The second-order valence-electron chi connectivity index (χ2n) is 5.38. The largest absolute Gasteiger partial charge is 0.381 e. The third-order valence-corrected chi connectivity index (χ3v) is 3.84. The molecule has 1 unspecified atom stereocenters. The number of hydrogen-bond donors (Lipinski definition) is 1. The molecule has 0 radical (unpaired) electrons. The molecule has 17 heavy (non-hydrogen) atoms. The van der Waals surface area contributed by atoms with Gasteiger partial charge >= 0.3 is 0 Å². The highest BCUT2D eigenvalue weighted by Crippen LogP contribution is 2.24. The van der Waals surface area contributed by atoms with Crippen LogP contribution in [0.2, 0.25) is 0 Å². The maximum Gasteiger partial charge on any atom is 0.103 e. The van der Waals surface area contributed by atoms with Crippen LogP contribution < -0.4 is 5.32 Å². The van der Waals surface area contributed by atoms with Gasteiger partial charge in [0, 0.05) is 13.2 Å². The van der Waals surface area contributed by atoms with Crippen molar-refractivity contribution in [3.05, 3.63) is 0 Å². The van der Waals surface area contributed by atoms with Crippen LogP contribution in [0, 0.1) is 17.2 Å². The molecule has 0 heterocycles. The molecule has 0 spiro atoms. The minimum absolute atomic E-state index is 0.370. The van der Waals surface area contributed by atoms with Gasteiger partial charge in [0.25, 0.3) is 0 Å². The van der Waals surface area contributed by atoms with Crippen molar-refractivity contribution in [2.24, 2.45) is 5.92 Å². The Morgan fingerprint density at radius 3 is 2.65 bits per heavy atom. The Labute approximate surface area is 106 Å². The highest BCUT2D eigenvalue weighted by atomic mass is 16.5. The molecular weight excluding hydrogens is 212 g/mol. The lowest BCUT2D eigenvalue weighted by atomic mass is 9.97. The van der Waals surface area contributed by atoms with Gasteiger partial charge < -0.3 is 10.1 Å². The van der Waals surface area contributed by atoms with Crippen molar-refractivity contribution in [1.82, 2.24) is 5.32 Å². The van der Waals surface area contributed by atoms with Crippen molar-refractivity contribution in [2.45, 2.75) is 57.4 Å². The minimum Gasteiger partial charge on any atom is -0.381 e. The average Bonchev–Trinajstić information content (AvgIpc) is 2.86. The first kappa shape index (κ1) is 14.5. The molecule has 1 atom stereocenters. The standard InChI is InChI=1S/C14H26N2O/c1-14(12-15,16-2)9-5-6-10-17-11-13-7-3-4-8-13/h13,16H,3-11H2,1-2H3. The quantitative estimate of drug-likeness (QED) is 0.661. The van der Waals surface area contributed by atoms with Crippen molar-refractivity contribution in [3.8, 4) is 6.07 Å². The molecule has 0 aliphatic heterocycles. The lowest BCUT2D eigenvalue weighted by Gasteiger charge is -2.20. The van der Waals surface area contributed by atoms with Gasteiger partial charge in [0.05, 0.1) is 6.07 Å². The van der Waals surface area contributed by atoms with Gasteiger partial charge in [-0.15, -0.1) is 0 Å². The highest BCUT2D eigenvalue weighted by molar-refractivity contribution is 5.02. The number of nitrogens with one attached hydrogen (secondary N) is 1. The summed E-state index contributed by atoms with van der Waals surface area (Å²) < 4.78 is 5.70. The first-order valence-electron chi connectivity index (χ1n) is 6.88. The zero-order chi connectivity index (χ0) is 12.6. The normalized spacial score (nSPS) is 20.1. The molecule has 0 aromatic carbocycles. The zero-order valence-electron chi connectivity index (χ0n) is 11.3. The first-order chi connectivity index (χ1) is 8.20. The summed E-state index contributed by atoms with van der Waals surface area (Å²) in [6.45, 7) is 3.75. The van der Waals surface area contributed by atoms with Crippen molar-refractivity contribution in [2.75, 3.05) is 20.3 Å². The number of ether oxygens (including phenoxy) is 1. The summed E-state index contributed by atoms with van der Waals surface area (Å²) in [5.74, 6) is 0.816. The summed E-state index contributed by atoms with van der Waals surface area (Å²) >= 11 is 0. The first-order valence-corrected chi connectivity index (χ1v) is 6.88. The van der Waals surface area contributed by atoms with Crippen LogP contribution in [0.15, 0.2) is 0 Å². The van der Waals surface area contributed by atoms with E-state index in [-0.39, 0.29) is 5.54 Å². The summed E-state index contributed by atoms with van der Waals surface area (Å²) in [6.07, 6.45) is 8.49. The van der Waals surface area contributed by atoms with Gasteiger partial charge in [0.1, 0.15) is 5.54 Å². The van der Waals surface area contributed by atoms with Gasteiger partial charge in [0.15, 0.2) is 0 Å². The SMILES string of the molecule is CNC(C)(C#N)CCCCOCC1CCCC1. The second kappa shape index (κ2) is 7.68. The van der Waals surface area contributed by atoms with Crippen molar-refractivity contribution in [3.63, 3.8) is 0 Å². The predicted octanol–water partition coefficient (Wildman–Crippen LogP) is 2.87. The van der Waals surface area contributed by atoms with Gasteiger partial charge in [-0.25, -0.2) is 0 Å².